The molecular formula is C31H35N7O. The van der Waals surface area contributed by atoms with Crippen molar-refractivity contribution in [2.24, 2.45) is 0 Å². The summed E-state index contributed by atoms with van der Waals surface area (Å²) in [4.78, 5) is 12.3. The highest BCUT2D eigenvalue weighted by Gasteiger charge is 2.33. The number of hydrogen-bond donors (Lipinski definition) is 1. The number of nitrogens with one attached hydrogen (secondary N) is 1. The Kier molecular flexibility index (Phi) is 6.99. The molecule has 4 heterocycles. The summed E-state index contributed by atoms with van der Waals surface area (Å²) in [5, 5.41) is 25.8. The Morgan fingerprint density at radius 2 is 1.72 bits per heavy atom. The maximum absolute atomic E-state index is 10.6. The number of ether oxygens (including phenoxy) is 1. The molecule has 0 aliphatic carbocycles. The number of morpholine rings is 1. The number of rotatable bonds is 4. The fourth-order valence-electron chi connectivity index (χ4n) is 6.51. The number of aromatic nitrogens is 1. The fraction of sp³-hybridized carbons (Fsp3) is 0.452. The molecule has 3 unspecified atom stereocenters. The van der Waals surface area contributed by atoms with Crippen LogP contribution in [0.5, 0.6) is 0 Å². The first-order valence-corrected chi connectivity index (χ1v) is 14.0. The van der Waals surface area contributed by atoms with E-state index >= 15 is 0 Å². The SMILES string of the molecule is CC1CN(c2nc(N3CCNC(CC#N)C3)c(C#N)c3c2CCN(c2cccc4ccccc24)C3)CC(C)O1. The number of piperazine rings is 1. The number of nitrogens with zero attached hydrogens (tertiary/aromatic N) is 6. The van der Waals surface area contributed by atoms with Gasteiger partial charge in [-0.3, -0.25) is 0 Å². The standard InChI is InChI=1S/C31H35N7O/c1-21-17-38(18-22(2)39-21)30-26-11-14-36(29-9-5-7-23-6-3-4-8-25(23)29)20-28(26)27(16-33)31(35-30)37-15-13-34-24(19-37)10-12-32/h3-9,21-22,24,34H,10-11,13-15,17-20H2,1-2H3. The molecule has 0 radical (unpaired) electrons. The van der Waals surface area contributed by atoms with Crippen molar-refractivity contribution in [3.8, 4) is 12.1 Å². The molecule has 3 aliphatic rings. The van der Waals surface area contributed by atoms with Crippen LogP contribution in [0.2, 0.25) is 0 Å². The van der Waals surface area contributed by atoms with Crippen molar-refractivity contribution < 1.29 is 4.74 Å². The molecule has 1 aromatic heterocycles. The van der Waals surface area contributed by atoms with Gasteiger partial charge >= 0.3 is 0 Å². The van der Waals surface area contributed by atoms with Gasteiger partial charge in [-0.25, -0.2) is 4.98 Å². The third kappa shape index (κ3) is 4.87. The molecule has 3 aromatic rings. The van der Waals surface area contributed by atoms with Crippen LogP contribution in [0.1, 0.15) is 37.0 Å². The molecule has 3 atom stereocenters. The van der Waals surface area contributed by atoms with Crippen molar-refractivity contribution in [1.82, 2.24) is 10.3 Å². The Labute approximate surface area is 230 Å². The number of hydrogen-bond acceptors (Lipinski definition) is 8. The van der Waals surface area contributed by atoms with Crippen LogP contribution >= 0.6 is 0 Å². The van der Waals surface area contributed by atoms with Gasteiger partial charge in [0, 0.05) is 68.5 Å². The van der Waals surface area contributed by atoms with Gasteiger partial charge in [-0.15, -0.1) is 0 Å². The van der Waals surface area contributed by atoms with E-state index in [-0.39, 0.29) is 18.2 Å². The summed E-state index contributed by atoms with van der Waals surface area (Å²) in [6.07, 6.45) is 1.48. The van der Waals surface area contributed by atoms with Crippen molar-refractivity contribution in [2.75, 3.05) is 54.0 Å². The molecule has 39 heavy (non-hydrogen) atoms. The third-order valence-corrected chi connectivity index (χ3v) is 8.18. The predicted molar refractivity (Wildman–Crippen MR) is 154 cm³/mol. The smallest absolute Gasteiger partial charge is 0.149 e. The Hall–Kier alpha value is -3.85. The van der Waals surface area contributed by atoms with Crippen molar-refractivity contribution in [3.63, 3.8) is 0 Å². The quantitative estimate of drug-likeness (QED) is 0.552. The van der Waals surface area contributed by atoms with E-state index in [1.54, 1.807) is 0 Å². The van der Waals surface area contributed by atoms with Crippen LogP contribution in [0.15, 0.2) is 42.5 Å². The first-order valence-electron chi connectivity index (χ1n) is 14.0. The Morgan fingerprint density at radius 1 is 0.923 bits per heavy atom. The molecule has 1 N–H and O–H groups in total. The number of pyridine rings is 1. The van der Waals surface area contributed by atoms with Crippen LogP contribution in [-0.4, -0.2) is 62.5 Å². The zero-order chi connectivity index (χ0) is 26.9. The minimum atomic E-state index is 0.0622. The molecule has 2 fully saturated rings. The van der Waals surface area contributed by atoms with E-state index in [4.69, 9.17) is 9.72 Å². The van der Waals surface area contributed by atoms with E-state index in [1.165, 1.54) is 22.0 Å². The fourth-order valence-corrected chi connectivity index (χ4v) is 6.51. The Morgan fingerprint density at radius 3 is 2.51 bits per heavy atom. The molecule has 8 heteroatoms. The van der Waals surface area contributed by atoms with Crippen molar-refractivity contribution in [3.05, 3.63) is 59.2 Å². The molecular weight excluding hydrogens is 486 g/mol. The van der Waals surface area contributed by atoms with E-state index in [0.29, 0.717) is 25.1 Å². The summed E-state index contributed by atoms with van der Waals surface area (Å²) < 4.78 is 6.05. The maximum Gasteiger partial charge on any atom is 0.149 e. The second-order valence-electron chi connectivity index (χ2n) is 11.0. The molecule has 6 rings (SSSR count). The van der Waals surface area contributed by atoms with Crippen LogP contribution in [0.4, 0.5) is 17.3 Å². The van der Waals surface area contributed by atoms with E-state index in [2.05, 4.69) is 88.5 Å². The molecule has 2 saturated heterocycles. The highest BCUT2D eigenvalue weighted by molar-refractivity contribution is 5.94. The second kappa shape index (κ2) is 10.7. The van der Waals surface area contributed by atoms with Gasteiger partial charge in [0.05, 0.1) is 30.3 Å². The largest absolute Gasteiger partial charge is 0.372 e. The van der Waals surface area contributed by atoms with Gasteiger partial charge in [-0.1, -0.05) is 36.4 Å². The molecule has 3 aliphatic heterocycles. The van der Waals surface area contributed by atoms with Crippen molar-refractivity contribution in [2.45, 2.75) is 51.5 Å². The lowest BCUT2D eigenvalue weighted by molar-refractivity contribution is -0.00551. The van der Waals surface area contributed by atoms with Crippen LogP contribution in [0.25, 0.3) is 10.8 Å². The second-order valence-corrected chi connectivity index (χ2v) is 11.0. The molecule has 200 valence electrons. The van der Waals surface area contributed by atoms with E-state index in [1.807, 2.05) is 0 Å². The summed E-state index contributed by atoms with van der Waals surface area (Å²) in [6, 6.07) is 19.9. The van der Waals surface area contributed by atoms with Gasteiger partial charge in [0.15, 0.2) is 0 Å². The van der Waals surface area contributed by atoms with Crippen LogP contribution in [0, 0.1) is 22.7 Å². The summed E-state index contributed by atoms with van der Waals surface area (Å²) in [5.74, 6) is 1.75. The average Bonchev–Trinajstić information content (AvgIpc) is 2.95. The number of nitriles is 2. The Balaban J connectivity index is 1.46. The summed E-state index contributed by atoms with van der Waals surface area (Å²) in [6.45, 7) is 9.50. The first-order chi connectivity index (χ1) is 19.1. The molecule has 2 aromatic carbocycles. The van der Waals surface area contributed by atoms with E-state index < -0.39 is 0 Å². The molecule has 0 bridgehead atoms. The van der Waals surface area contributed by atoms with Crippen LogP contribution < -0.4 is 20.0 Å². The first kappa shape index (κ1) is 25.4. The molecule has 0 amide bonds. The molecule has 0 spiro atoms. The van der Waals surface area contributed by atoms with Crippen molar-refractivity contribution >= 4 is 28.1 Å². The van der Waals surface area contributed by atoms with Gasteiger partial charge in [0.2, 0.25) is 0 Å². The van der Waals surface area contributed by atoms with E-state index in [0.717, 1.165) is 56.3 Å². The normalized spacial score (nSPS) is 23.3. The topological polar surface area (TPSA) is 91.5 Å². The number of benzene rings is 2. The lowest BCUT2D eigenvalue weighted by Crippen LogP contribution is -2.51. The zero-order valence-corrected chi connectivity index (χ0v) is 22.7. The average molecular weight is 522 g/mol. The molecule has 0 saturated carbocycles. The maximum atomic E-state index is 10.6. The minimum Gasteiger partial charge on any atom is -0.372 e. The van der Waals surface area contributed by atoms with E-state index in [9.17, 15) is 10.5 Å². The molecule has 8 nitrogen and oxygen atoms in total. The predicted octanol–water partition coefficient (Wildman–Crippen LogP) is 3.97. The third-order valence-electron chi connectivity index (χ3n) is 8.18. The highest BCUT2D eigenvalue weighted by atomic mass is 16.5. The lowest BCUT2D eigenvalue weighted by atomic mass is 9.93. The summed E-state index contributed by atoms with van der Waals surface area (Å²) >= 11 is 0. The highest BCUT2D eigenvalue weighted by Crippen LogP contribution is 2.39. The van der Waals surface area contributed by atoms with Gasteiger partial charge < -0.3 is 24.8 Å². The Bertz CT molecular complexity index is 1440. The summed E-state index contributed by atoms with van der Waals surface area (Å²) in [7, 11) is 0. The lowest BCUT2D eigenvalue weighted by Gasteiger charge is -2.41. The zero-order valence-electron chi connectivity index (χ0n) is 22.7. The van der Waals surface area contributed by atoms with Crippen LogP contribution in [-0.2, 0) is 17.7 Å². The monoisotopic (exact) mass is 521 g/mol. The summed E-state index contributed by atoms with van der Waals surface area (Å²) in [5.41, 5.74) is 4.15. The van der Waals surface area contributed by atoms with Gasteiger partial charge in [-0.05, 0) is 37.3 Å². The minimum absolute atomic E-state index is 0.0622. The van der Waals surface area contributed by atoms with Gasteiger partial charge in [-0.2, -0.15) is 10.5 Å². The van der Waals surface area contributed by atoms with Crippen LogP contribution in [0.3, 0.4) is 0 Å². The number of anilines is 3. The van der Waals surface area contributed by atoms with Gasteiger partial charge in [0.25, 0.3) is 0 Å². The number of fused-ring (bicyclic) bond motifs is 2. The van der Waals surface area contributed by atoms with Crippen molar-refractivity contribution in [1.29, 1.82) is 10.5 Å². The van der Waals surface area contributed by atoms with Gasteiger partial charge in [0.1, 0.15) is 17.7 Å².